The summed E-state index contributed by atoms with van der Waals surface area (Å²) in [4.78, 5) is 25.3. The fourth-order valence-corrected chi connectivity index (χ4v) is 1.10. The summed E-state index contributed by atoms with van der Waals surface area (Å²) >= 11 is 0. The van der Waals surface area contributed by atoms with Crippen LogP contribution in [0.2, 0.25) is 0 Å². The molecule has 1 aromatic heterocycles. The molecule has 0 aromatic carbocycles. The SMILES string of the molecule is CCC(C(=O)O)n1cccnc1=O. The summed E-state index contributed by atoms with van der Waals surface area (Å²) in [6.45, 7) is 1.71. The first-order chi connectivity index (χ1) is 6.16. The maximum Gasteiger partial charge on any atom is 0.348 e. The van der Waals surface area contributed by atoms with Gasteiger partial charge in [-0.15, -0.1) is 0 Å². The van der Waals surface area contributed by atoms with Crippen LogP contribution < -0.4 is 5.69 Å². The van der Waals surface area contributed by atoms with Crippen molar-refractivity contribution in [2.45, 2.75) is 19.4 Å². The Morgan fingerprint density at radius 2 is 2.46 bits per heavy atom. The highest BCUT2D eigenvalue weighted by Gasteiger charge is 2.17. The van der Waals surface area contributed by atoms with Crippen LogP contribution in [0.25, 0.3) is 0 Å². The Morgan fingerprint density at radius 1 is 1.77 bits per heavy atom. The van der Waals surface area contributed by atoms with Crippen molar-refractivity contribution in [1.82, 2.24) is 9.55 Å². The van der Waals surface area contributed by atoms with Crippen LogP contribution in [0.4, 0.5) is 0 Å². The van der Waals surface area contributed by atoms with Gasteiger partial charge in [0.25, 0.3) is 0 Å². The van der Waals surface area contributed by atoms with E-state index in [1.807, 2.05) is 0 Å². The molecule has 1 aromatic rings. The minimum Gasteiger partial charge on any atom is -0.480 e. The van der Waals surface area contributed by atoms with E-state index in [2.05, 4.69) is 4.98 Å². The summed E-state index contributed by atoms with van der Waals surface area (Å²) in [6, 6.07) is 0.716. The van der Waals surface area contributed by atoms with Crippen molar-refractivity contribution in [3.63, 3.8) is 0 Å². The van der Waals surface area contributed by atoms with Crippen molar-refractivity contribution in [1.29, 1.82) is 0 Å². The topological polar surface area (TPSA) is 72.2 Å². The molecule has 1 unspecified atom stereocenters. The van der Waals surface area contributed by atoms with Crippen molar-refractivity contribution >= 4 is 5.97 Å². The fraction of sp³-hybridized carbons (Fsp3) is 0.375. The van der Waals surface area contributed by atoms with Crippen molar-refractivity contribution < 1.29 is 9.90 Å². The molecule has 0 aliphatic carbocycles. The molecule has 1 rings (SSSR count). The van der Waals surface area contributed by atoms with Gasteiger partial charge in [0.2, 0.25) is 0 Å². The number of aliphatic carboxylic acids is 1. The number of carbonyl (C=O) groups is 1. The lowest BCUT2D eigenvalue weighted by Gasteiger charge is -2.11. The zero-order valence-electron chi connectivity index (χ0n) is 7.17. The van der Waals surface area contributed by atoms with Gasteiger partial charge < -0.3 is 5.11 Å². The molecule has 1 heterocycles. The summed E-state index contributed by atoms with van der Waals surface area (Å²) < 4.78 is 1.11. The number of aromatic nitrogens is 2. The molecule has 0 bridgehead atoms. The molecule has 5 heteroatoms. The van der Waals surface area contributed by atoms with Crippen LogP contribution in [0.1, 0.15) is 19.4 Å². The van der Waals surface area contributed by atoms with E-state index in [1.54, 1.807) is 6.92 Å². The molecule has 0 radical (unpaired) electrons. The molecule has 1 N–H and O–H groups in total. The second-order valence-electron chi connectivity index (χ2n) is 2.57. The summed E-state index contributed by atoms with van der Waals surface area (Å²) in [7, 11) is 0. The Kier molecular flexibility index (Phi) is 2.79. The van der Waals surface area contributed by atoms with Gasteiger partial charge in [0.1, 0.15) is 6.04 Å². The fourth-order valence-electron chi connectivity index (χ4n) is 1.10. The van der Waals surface area contributed by atoms with Gasteiger partial charge in [-0.05, 0) is 12.5 Å². The minimum atomic E-state index is -1.02. The molecule has 13 heavy (non-hydrogen) atoms. The van der Waals surface area contributed by atoms with Crippen LogP contribution in [0.3, 0.4) is 0 Å². The lowest BCUT2D eigenvalue weighted by Crippen LogP contribution is -2.30. The Hall–Kier alpha value is -1.65. The van der Waals surface area contributed by atoms with E-state index in [0.717, 1.165) is 4.57 Å². The van der Waals surface area contributed by atoms with Gasteiger partial charge in [0.15, 0.2) is 0 Å². The molecule has 0 aliphatic rings. The number of rotatable bonds is 3. The lowest BCUT2D eigenvalue weighted by molar-refractivity contribution is -0.141. The highest BCUT2D eigenvalue weighted by molar-refractivity contribution is 5.71. The average molecular weight is 182 g/mol. The van der Waals surface area contributed by atoms with Crippen molar-refractivity contribution in [3.8, 4) is 0 Å². The number of hydrogen-bond acceptors (Lipinski definition) is 3. The van der Waals surface area contributed by atoms with Gasteiger partial charge in [0.05, 0.1) is 0 Å². The number of carboxylic acids is 1. The van der Waals surface area contributed by atoms with Crippen molar-refractivity contribution in [2.24, 2.45) is 0 Å². The maximum absolute atomic E-state index is 11.1. The Morgan fingerprint density at radius 3 is 2.92 bits per heavy atom. The largest absolute Gasteiger partial charge is 0.480 e. The Balaban J connectivity index is 3.12. The second kappa shape index (κ2) is 3.84. The molecule has 0 aliphatic heterocycles. The van der Waals surface area contributed by atoms with Gasteiger partial charge >= 0.3 is 11.7 Å². The smallest absolute Gasteiger partial charge is 0.348 e. The van der Waals surface area contributed by atoms with E-state index in [-0.39, 0.29) is 0 Å². The van der Waals surface area contributed by atoms with Crippen LogP contribution in [0.5, 0.6) is 0 Å². The van der Waals surface area contributed by atoms with Gasteiger partial charge in [-0.25, -0.2) is 14.6 Å². The molecular formula is C8H10N2O3. The quantitative estimate of drug-likeness (QED) is 0.728. The zero-order chi connectivity index (χ0) is 9.84. The molecule has 0 amide bonds. The maximum atomic E-state index is 11.1. The number of nitrogens with zero attached hydrogens (tertiary/aromatic N) is 2. The van der Waals surface area contributed by atoms with E-state index in [4.69, 9.17) is 5.11 Å². The zero-order valence-corrected chi connectivity index (χ0v) is 7.17. The molecule has 0 spiro atoms. The van der Waals surface area contributed by atoms with Crippen LogP contribution >= 0.6 is 0 Å². The first kappa shape index (κ1) is 9.44. The van der Waals surface area contributed by atoms with E-state index >= 15 is 0 Å². The summed E-state index contributed by atoms with van der Waals surface area (Å²) in [5.74, 6) is -1.02. The van der Waals surface area contributed by atoms with Crippen LogP contribution in [0, 0.1) is 0 Å². The molecular weight excluding hydrogens is 172 g/mol. The normalized spacial score (nSPS) is 12.4. The minimum absolute atomic E-state index is 0.362. The van der Waals surface area contributed by atoms with Gasteiger partial charge in [0, 0.05) is 12.4 Å². The van der Waals surface area contributed by atoms with E-state index in [9.17, 15) is 9.59 Å². The van der Waals surface area contributed by atoms with Crippen LogP contribution in [-0.4, -0.2) is 20.6 Å². The second-order valence-corrected chi connectivity index (χ2v) is 2.57. The van der Waals surface area contributed by atoms with Crippen molar-refractivity contribution in [3.05, 3.63) is 28.9 Å². The molecule has 70 valence electrons. The molecule has 5 nitrogen and oxygen atoms in total. The predicted molar refractivity (Wildman–Crippen MR) is 45.5 cm³/mol. The number of carboxylic acid groups (broad SMARTS) is 1. The summed E-state index contributed by atoms with van der Waals surface area (Å²) in [6.07, 6.45) is 3.13. The van der Waals surface area contributed by atoms with Crippen LogP contribution in [-0.2, 0) is 4.79 Å². The highest BCUT2D eigenvalue weighted by atomic mass is 16.4. The number of hydrogen-bond donors (Lipinski definition) is 1. The lowest BCUT2D eigenvalue weighted by atomic mass is 10.2. The molecule has 0 saturated heterocycles. The van der Waals surface area contributed by atoms with Crippen molar-refractivity contribution in [2.75, 3.05) is 0 Å². The Labute approximate surface area is 74.7 Å². The summed E-state index contributed by atoms with van der Waals surface area (Å²) in [5.41, 5.74) is -0.531. The first-order valence-electron chi connectivity index (χ1n) is 3.92. The predicted octanol–water partition coefficient (Wildman–Crippen LogP) is 0.279. The summed E-state index contributed by atoms with van der Waals surface area (Å²) in [5, 5.41) is 8.76. The third-order valence-corrected chi connectivity index (χ3v) is 1.75. The third-order valence-electron chi connectivity index (χ3n) is 1.75. The van der Waals surface area contributed by atoms with Gasteiger partial charge in [-0.1, -0.05) is 6.92 Å². The Bertz CT molecular complexity index is 358. The molecule has 0 saturated carbocycles. The van der Waals surface area contributed by atoms with E-state index < -0.39 is 17.7 Å². The standard InChI is InChI=1S/C8H10N2O3/c1-2-6(7(11)12)10-5-3-4-9-8(10)13/h3-6H,2H2,1H3,(H,11,12). The van der Waals surface area contributed by atoms with Crippen LogP contribution in [0.15, 0.2) is 23.3 Å². The van der Waals surface area contributed by atoms with E-state index in [1.165, 1.54) is 18.5 Å². The third kappa shape index (κ3) is 1.93. The van der Waals surface area contributed by atoms with Gasteiger partial charge in [-0.2, -0.15) is 0 Å². The highest BCUT2D eigenvalue weighted by Crippen LogP contribution is 2.06. The monoisotopic (exact) mass is 182 g/mol. The molecule has 0 fully saturated rings. The average Bonchev–Trinajstić information content (AvgIpc) is 2.09. The van der Waals surface area contributed by atoms with Gasteiger partial charge in [-0.3, -0.25) is 4.57 Å². The molecule has 1 atom stereocenters. The first-order valence-corrected chi connectivity index (χ1v) is 3.92. The van der Waals surface area contributed by atoms with E-state index in [0.29, 0.717) is 6.42 Å².